The van der Waals surface area contributed by atoms with E-state index >= 15 is 0 Å². The maximum absolute atomic E-state index is 4.45. The summed E-state index contributed by atoms with van der Waals surface area (Å²) in [5.41, 5.74) is 0.0567. The highest BCUT2D eigenvalue weighted by atomic mass is 15.1. The maximum Gasteiger partial charge on any atom is 0.0856 e. The van der Waals surface area contributed by atoms with Crippen molar-refractivity contribution in [2.75, 3.05) is 13.1 Å². The van der Waals surface area contributed by atoms with E-state index < -0.39 is 0 Å². The van der Waals surface area contributed by atoms with E-state index in [-0.39, 0.29) is 5.54 Å². The summed E-state index contributed by atoms with van der Waals surface area (Å²) in [5, 5.41) is 0. The van der Waals surface area contributed by atoms with E-state index in [1.807, 2.05) is 6.34 Å². The van der Waals surface area contributed by atoms with Crippen molar-refractivity contribution in [3.63, 3.8) is 0 Å². The molecule has 0 aromatic heterocycles. The highest BCUT2D eigenvalue weighted by Crippen LogP contribution is 2.05. The third-order valence-electron chi connectivity index (χ3n) is 1.53. The number of nitrogens with zero attached hydrogens (tertiary/aromatic N) is 2. The first-order valence-corrected chi connectivity index (χ1v) is 4.79. The molecule has 0 aliphatic heterocycles. The van der Waals surface area contributed by atoms with Gasteiger partial charge in [-0.05, 0) is 34.1 Å². The van der Waals surface area contributed by atoms with E-state index in [0.717, 1.165) is 13.1 Å². The zero-order chi connectivity index (χ0) is 9.61. The van der Waals surface area contributed by atoms with Crippen molar-refractivity contribution >= 4 is 6.34 Å². The smallest absolute Gasteiger partial charge is 0.0856 e. The molecule has 2 heteroatoms. The molecule has 12 heavy (non-hydrogen) atoms. The molecule has 0 atom stereocenters. The summed E-state index contributed by atoms with van der Waals surface area (Å²) in [6, 6.07) is 0. The van der Waals surface area contributed by atoms with Gasteiger partial charge in [-0.1, -0.05) is 6.92 Å². The lowest BCUT2D eigenvalue weighted by Crippen LogP contribution is -2.24. The predicted molar refractivity (Wildman–Crippen MR) is 55.8 cm³/mol. The second kappa shape index (κ2) is 5.18. The van der Waals surface area contributed by atoms with Crippen LogP contribution in [0.2, 0.25) is 0 Å². The first-order valence-electron chi connectivity index (χ1n) is 4.79. The molecule has 0 fully saturated rings. The first kappa shape index (κ1) is 11.5. The van der Waals surface area contributed by atoms with Crippen LogP contribution in [0, 0.1) is 0 Å². The molecule has 0 aliphatic carbocycles. The summed E-state index contributed by atoms with van der Waals surface area (Å²) in [4.78, 5) is 6.69. The van der Waals surface area contributed by atoms with Crippen LogP contribution in [0.1, 0.15) is 41.0 Å². The average molecular weight is 170 g/mol. The summed E-state index contributed by atoms with van der Waals surface area (Å²) in [6.07, 6.45) is 3.16. The van der Waals surface area contributed by atoms with Crippen LogP contribution >= 0.6 is 0 Å². The highest BCUT2D eigenvalue weighted by molar-refractivity contribution is 5.55. The molecule has 0 aromatic rings. The second-order valence-corrected chi connectivity index (χ2v) is 4.04. The van der Waals surface area contributed by atoms with Crippen molar-refractivity contribution in [1.29, 1.82) is 0 Å². The fourth-order valence-corrected chi connectivity index (χ4v) is 0.840. The van der Waals surface area contributed by atoms with Crippen LogP contribution in [0.15, 0.2) is 4.99 Å². The molecule has 0 unspecified atom stereocenters. The average Bonchev–Trinajstić information content (AvgIpc) is 1.96. The van der Waals surface area contributed by atoms with Crippen LogP contribution in [0.25, 0.3) is 0 Å². The van der Waals surface area contributed by atoms with E-state index in [2.05, 4.69) is 44.5 Å². The second-order valence-electron chi connectivity index (χ2n) is 4.04. The minimum atomic E-state index is 0.0567. The zero-order valence-electron chi connectivity index (χ0n) is 9.09. The Kier molecular flexibility index (Phi) is 4.95. The van der Waals surface area contributed by atoms with Crippen molar-refractivity contribution in [2.45, 2.75) is 46.6 Å². The van der Waals surface area contributed by atoms with Gasteiger partial charge < -0.3 is 4.90 Å². The Bertz CT molecular complexity index is 133. The molecule has 0 spiro atoms. The lowest BCUT2D eigenvalue weighted by atomic mass is 10.1. The third-order valence-corrected chi connectivity index (χ3v) is 1.53. The van der Waals surface area contributed by atoms with Gasteiger partial charge in [-0.2, -0.15) is 0 Å². The summed E-state index contributed by atoms with van der Waals surface area (Å²) in [5.74, 6) is 0. The molecule has 0 radical (unpaired) electrons. The van der Waals surface area contributed by atoms with Crippen LogP contribution in [0.3, 0.4) is 0 Å². The molecule has 0 aliphatic rings. The normalized spacial score (nSPS) is 12.4. The van der Waals surface area contributed by atoms with Crippen LogP contribution in [0.4, 0.5) is 0 Å². The summed E-state index contributed by atoms with van der Waals surface area (Å²) < 4.78 is 0. The van der Waals surface area contributed by atoms with Gasteiger partial charge in [0, 0.05) is 13.1 Å². The van der Waals surface area contributed by atoms with Gasteiger partial charge >= 0.3 is 0 Å². The van der Waals surface area contributed by atoms with Gasteiger partial charge in [-0.3, -0.25) is 4.99 Å². The topological polar surface area (TPSA) is 15.6 Å². The Morgan fingerprint density at radius 1 is 1.25 bits per heavy atom. The summed E-state index contributed by atoms with van der Waals surface area (Å²) in [6.45, 7) is 12.8. The number of rotatable bonds is 4. The summed E-state index contributed by atoms with van der Waals surface area (Å²) in [7, 11) is 0. The van der Waals surface area contributed by atoms with Gasteiger partial charge in [0.1, 0.15) is 0 Å². The lowest BCUT2D eigenvalue weighted by molar-refractivity contribution is 0.442. The lowest BCUT2D eigenvalue weighted by Gasteiger charge is -2.19. The highest BCUT2D eigenvalue weighted by Gasteiger charge is 2.05. The van der Waals surface area contributed by atoms with E-state index in [9.17, 15) is 0 Å². The molecule has 0 saturated carbocycles. The van der Waals surface area contributed by atoms with Crippen LogP contribution < -0.4 is 0 Å². The van der Waals surface area contributed by atoms with Crippen molar-refractivity contribution in [3.8, 4) is 0 Å². The Hall–Kier alpha value is -0.530. The summed E-state index contributed by atoms with van der Waals surface area (Å²) >= 11 is 0. The molecule has 0 rings (SSSR count). The van der Waals surface area contributed by atoms with Gasteiger partial charge in [0.15, 0.2) is 0 Å². The molecule has 0 N–H and O–H groups in total. The first-order chi connectivity index (χ1) is 5.49. The number of hydrogen-bond donors (Lipinski definition) is 0. The molecule has 0 amide bonds. The minimum absolute atomic E-state index is 0.0567. The standard InChI is InChI=1S/C10H22N2/c1-6-8-12(7-2)9-11-10(3,4)5/h9H,6-8H2,1-5H3/b11-9+. The largest absolute Gasteiger partial charge is 0.363 e. The van der Waals surface area contributed by atoms with Crippen molar-refractivity contribution in [3.05, 3.63) is 0 Å². The molecule has 0 heterocycles. The van der Waals surface area contributed by atoms with Crippen LogP contribution in [-0.2, 0) is 0 Å². The Morgan fingerprint density at radius 2 is 1.83 bits per heavy atom. The predicted octanol–water partition coefficient (Wildman–Crippen LogP) is 2.55. The Labute approximate surface area is 76.7 Å². The Morgan fingerprint density at radius 3 is 2.17 bits per heavy atom. The molecular formula is C10H22N2. The van der Waals surface area contributed by atoms with Gasteiger partial charge in [0.25, 0.3) is 0 Å². The number of hydrogen-bond acceptors (Lipinski definition) is 1. The quantitative estimate of drug-likeness (QED) is 0.467. The van der Waals surface area contributed by atoms with E-state index in [1.54, 1.807) is 0 Å². The van der Waals surface area contributed by atoms with Gasteiger partial charge in [-0.15, -0.1) is 0 Å². The van der Waals surface area contributed by atoms with Crippen LogP contribution in [0.5, 0.6) is 0 Å². The maximum atomic E-state index is 4.45. The fraction of sp³-hybridized carbons (Fsp3) is 0.900. The molecule has 2 nitrogen and oxygen atoms in total. The van der Waals surface area contributed by atoms with Crippen LogP contribution in [-0.4, -0.2) is 29.9 Å². The Balaban J connectivity index is 3.92. The molecule has 0 aromatic carbocycles. The third kappa shape index (κ3) is 6.20. The molecule has 72 valence electrons. The fourth-order valence-electron chi connectivity index (χ4n) is 0.840. The van der Waals surface area contributed by atoms with Crippen molar-refractivity contribution in [1.82, 2.24) is 4.90 Å². The van der Waals surface area contributed by atoms with E-state index in [4.69, 9.17) is 0 Å². The van der Waals surface area contributed by atoms with E-state index in [1.165, 1.54) is 6.42 Å². The minimum Gasteiger partial charge on any atom is -0.363 e. The SMILES string of the molecule is CCCN(/C=N/C(C)(C)C)CC. The van der Waals surface area contributed by atoms with Crippen molar-refractivity contribution in [2.24, 2.45) is 4.99 Å². The van der Waals surface area contributed by atoms with Gasteiger partial charge in [0.05, 0.1) is 11.9 Å². The molecule has 0 saturated heterocycles. The monoisotopic (exact) mass is 170 g/mol. The van der Waals surface area contributed by atoms with Crippen molar-refractivity contribution < 1.29 is 0 Å². The zero-order valence-corrected chi connectivity index (χ0v) is 9.09. The molecule has 0 bridgehead atoms. The van der Waals surface area contributed by atoms with Gasteiger partial charge in [-0.25, -0.2) is 0 Å². The van der Waals surface area contributed by atoms with E-state index in [0.29, 0.717) is 0 Å². The number of aliphatic imine (C=N–C) groups is 1. The molecular weight excluding hydrogens is 148 g/mol. The van der Waals surface area contributed by atoms with Gasteiger partial charge in [0.2, 0.25) is 0 Å².